The van der Waals surface area contributed by atoms with Crippen LogP contribution in [0, 0.1) is 49.3 Å². The normalized spacial score (nSPS) is 18.2. The monoisotopic (exact) mass is 970 g/mol. The van der Waals surface area contributed by atoms with E-state index >= 15 is 0 Å². The van der Waals surface area contributed by atoms with E-state index < -0.39 is 27.2 Å². The number of hydrogen-bond donors (Lipinski definition) is 0. The van der Waals surface area contributed by atoms with Gasteiger partial charge in [0.1, 0.15) is 24.7 Å². The van der Waals surface area contributed by atoms with Gasteiger partial charge in [0, 0.05) is 41.8 Å². The first-order chi connectivity index (χ1) is 34.3. The molecule has 0 aromatic heterocycles. The molecule has 2 aliphatic rings. The highest BCUT2D eigenvalue weighted by molar-refractivity contribution is 5.88. The lowest BCUT2D eigenvalue weighted by Crippen LogP contribution is -2.38. The lowest BCUT2D eigenvalue weighted by molar-refractivity contribution is -0.385. The Morgan fingerprint density at radius 3 is 1.21 bits per heavy atom. The summed E-state index contributed by atoms with van der Waals surface area (Å²) in [6, 6.07) is 25.3. The fourth-order valence-electron chi connectivity index (χ4n) is 9.57. The summed E-state index contributed by atoms with van der Waals surface area (Å²) in [4.78, 5) is 74.6. The van der Waals surface area contributed by atoms with E-state index in [9.17, 15) is 39.4 Å². The number of rotatable bonds is 24. The number of esters is 4. The molecule has 0 heterocycles. The minimum absolute atomic E-state index is 0.118. The maximum atomic E-state index is 13.4. The maximum absolute atomic E-state index is 13.4. The second-order valence-electron chi connectivity index (χ2n) is 19.3. The number of ether oxygens (including phenoxy) is 4. The topological polar surface area (TPSA) is 191 Å². The van der Waals surface area contributed by atoms with Crippen molar-refractivity contribution in [2.45, 2.75) is 117 Å². The molecule has 71 heavy (non-hydrogen) atoms. The van der Waals surface area contributed by atoms with Crippen molar-refractivity contribution in [2.75, 3.05) is 13.2 Å². The number of carbonyl (C=O) groups excluding carboxylic acids is 4. The van der Waals surface area contributed by atoms with Gasteiger partial charge in [0.2, 0.25) is 0 Å². The van der Waals surface area contributed by atoms with Gasteiger partial charge >= 0.3 is 23.9 Å². The van der Waals surface area contributed by atoms with E-state index in [2.05, 4.69) is 13.8 Å². The van der Waals surface area contributed by atoms with E-state index in [-0.39, 0.29) is 61.2 Å². The molecule has 4 aromatic carbocycles. The highest BCUT2D eigenvalue weighted by Crippen LogP contribution is 2.35. The highest BCUT2D eigenvalue weighted by Gasteiger charge is 2.35. The third-order valence-corrected chi connectivity index (χ3v) is 13.8. The summed E-state index contributed by atoms with van der Waals surface area (Å²) in [6.45, 7) is 3.82. The van der Waals surface area contributed by atoms with E-state index in [1.807, 2.05) is 0 Å². The molecule has 0 unspecified atom stereocenters. The molecular weight excluding hydrogens is 905 g/mol. The van der Waals surface area contributed by atoms with Crippen molar-refractivity contribution >= 4 is 47.4 Å². The molecule has 14 heteroatoms. The first-order valence-electron chi connectivity index (χ1n) is 25.1. The number of unbranched alkanes of at least 4 members (excludes halogenated alkanes) is 2. The predicted molar refractivity (Wildman–Crippen MR) is 270 cm³/mol. The molecular formula is C57H66N2O12. The Balaban J connectivity index is 1.11. The number of nitro groups is 2. The smallest absolute Gasteiger partial charge is 0.330 e. The molecule has 376 valence electrons. The van der Waals surface area contributed by atoms with Gasteiger partial charge in [-0.05, 0) is 135 Å². The fourth-order valence-corrected chi connectivity index (χ4v) is 9.57. The van der Waals surface area contributed by atoms with Crippen LogP contribution in [0.1, 0.15) is 126 Å². The van der Waals surface area contributed by atoms with Crippen LogP contribution in [-0.2, 0) is 41.5 Å². The average molecular weight is 971 g/mol. The second-order valence-corrected chi connectivity index (χ2v) is 19.3. The first-order valence-corrected chi connectivity index (χ1v) is 25.1. The van der Waals surface area contributed by atoms with E-state index in [0.29, 0.717) is 45.6 Å². The molecule has 0 spiro atoms. The zero-order chi connectivity index (χ0) is 50.6. The van der Waals surface area contributed by atoms with Crippen LogP contribution in [0.4, 0.5) is 11.4 Å². The van der Waals surface area contributed by atoms with Gasteiger partial charge in [-0.25, -0.2) is 9.59 Å². The number of benzene rings is 4. The second kappa shape index (κ2) is 26.9. The number of carbonyl (C=O) groups is 4. The number of non-ortho nitro benzene ring substituents is 2. The number of nitrogens with zero attached hydrogens (tertiary/aromatic N) is 2. The third-order valence-electron chi connectivity index (χ3n) is 13.8. The van der Waals surface area contributed by atoms with E-state index in [1.165, 1.54) is 74.9 Å². The van der Waals surface area contributed by atoms with E-state index in [0.717, 1.165) is 51.4 Å². The van der Waals surface area contributed by atoms with Crippen LogP contribution in [0.2, 0.25) is 0 Å². The fraction of sp³-hybridized carbons (Fsp3) is 0.439. The number of hydrogen-bond acceptors (Lipinski definition) is 12. The van der Waals surface area contributed by atoms with Crippen molar-refractivity contribution in [3.05, 3.63) is 152 Å². The van der Waals surface area contributed by atoms with Gasteiger partial charge in [-0.3, -0.25) is 29.8 Å². The summed E-state index contributed by atoms with van der Waals surface area (Å²) in [7, 11) is 0. The van der Waals surface area contributed by atoms with Crippen molar-refractivity contribution in [1.82, 2.24) is 0 Å². The molecule has 4 aromatic rings. The van der Waals surface area contributed by atoms with Gasteiger partial charge in [-0.15, -0.1) is 0 Å². The molecule has 0 bridgehead atoms. The van der Waals surface area contributed by atoms with Crippen LogP contribution in [0.5, 0.6) is 11.5 Å². The zero-order valence-electron chi connectivity index (χ0n) is 40.9. The Bertz CT molecular complexity index is 2280. The molecule has 0 amide bonds. The lowest BCUT2D eigenvalue weighted by atomic mass is 9.77. The van der Waals surface area contributed by atoms with Crippen molar-refractivity contribution < 1.29 is 48.0 Å². The van der Waals surface area contributed by atoms with Gasteiger partial charge in [-0.1, -0.05) is 101 Å². The first kappa shape index (κ1) is 53.4. The maximum Gasteiger partial charge on any atom is 0.330 e. The summed E-state index contributed by atoms with van der Waals surface area (Å²) in [5, 5.41) is 23.0. The Labute approximate surface area is 416 Å². The van der Waals surface area contributed by atoms with Gasteiger partial charge in [0.25, 0.3) is 11.4 Å². The van der Waals surface area contributed by atoms with Crippen molar-refractivity contribution in [3.63, 3.8) is 0 Å². The number of nitro benzene ring substituents is 2. The minimum atomic E-state index is -1.17. The zero-order valence-corrected chi connectivity index (χ0v) is 40.9. The highest BCUT2D eigenvalue weighted by atomic mass is 16.6. The molecule has 2 aliphatic carbocycles. The SMILES string of the molecule is CCCCC1CCC(C(=O)Oc2ccc(/C=C/C(=O)OCC(COC(=O)/C=C/c3ccc(OC(=O)C4CCC(CCCC)CC4)cc3)(Cc3ccc([N+](=O)[O-])cc3)Cc3ccc([N+](=O)[O-])cc3)cc2)CC1. The summed E-state index contributed by atoms with van der Waals surface area (Å²) in [6.07, 6.45) is 20.5. The summed E-state index contributed by atoms with van der Waals surface area (Å²) in [5.41, 5.74) is 1.12. The van der Waals surface area contributed by atoms with Crippen LogP contribution in [0.25, 0.3) is 12.2 Å². The molecule has 0 aliphatic heterocycles. The summed E-state index contributed by atoms with van der Waals surface area (Å²) in [5.74, 6) is 0.0731. The van der Waals surface area contributed by atoms with Crippen LogP contribution in [-0.4, -0.2) is 46.9 Å². The average Bonchev–Trinajstić information content (AvgIpc) is 3.38. The standard InChI is InChI=1S/C57H66N2O12/c1-3-5-7-41-9-23-47(24-10-41)55(62)70-51-31-17-43(18-32-51)21-35-53(60)68-39-57(37-45-13-27-49(28-14-45)58(64)65,38-46-15-29-50(30-16-46)59(66)67)40-69-54(61)36-22-44-19-33-52(34-20-44)71-56(63)48-25-11-42(12-26-48)8-6-4-2/h13-22,27-36,41-42,47-48H,3-12,23-26,37-40H2,1-2H3/b35-21+,36-22+. The third kappa shape index (κ3) is 17.1. The molecule has 0 atom stereocenters. The largest absolute Gasteiger partial charge is 0.462 e. The van der Waals surface area contributed by atoms with Crippen LogP contribution < -0.4 is 9.47 Å². The van der Waals surface area contributed by atoms with Crippen LogP contribution in [0.15, 0.2) is 109 Å². The summed E-state index contributed by atoms with van der Waals surface area (Å²) < 4.78 is 23.2. The van der Waals surface area contributed by atoms with E-state index in [4.69, 9.17) is 18.9 Å². The van der Waals surface area contributed by atoms with E-state index in [1.54, 1.807) is 84.9 Å². The van der Waals surface area contributed by atoms with Gasteiger partial charge < -0.3 is 18.9 Å². The molecule has 0 N–H and O–H groups in total. The van der Waals surface area contributed by atoms with Crippen molar-refractivity contribution in [1.29, 1.82) is 0 Å². The Kier molecular flexibility index (Phi) is 20.2. The lowest BCUT2D eigenvalue weighted by Gasteiger charge is -2.33. The van der Waals surface area contributed by atoms with Gasteiger partial charge in [-0.2, -0.15) is 0 Å². The Hall–Kier alpha value is -6.96. The molecule has 0 saturated heterocycles. The van der Waals surface area contributed by atoms with Gasteiger partial charge in [0.15, 0.2) is 0 Å². The molecule has 2 saturated carbocycles. The Morgan fingerprint density at radius 1 is 0.535 bits per heavy atom. The molecule has 14 nitrogen and oxygen atoms in total. The predicted octanol–water partition coefficient (Wildman–Crippen LogP) is 12.6. The van der Waals surface area contributed by atoms with Crippen LogP contribution in [0.3, 0.4) is 0 Å². The molecule has 2 fully saturated rings. The molecule has 6 rings (SSSR count). The Morgan fingerprint density at radius 2 is 0.887 bits per heavy atom. The van der Waals surface area contributed by atoms with Crippen molar-refractivity contribution in [2.24, 2.45) is 29.1 Å². The van der Waals surface area contributed by atoms with Crippen molar-refractivity contribution in [3.8, 4) is 11.5 Å². The quantitative estimate of drug-likeness (QED) is 0.0212. The van der Waals surface area contributed by atoms with Crippen LogP contribution >= 0.6 is 0 Å². The minimum Gasteiger partial charge on any atom is -0.462 e. The van der Waals surface area contributed by atoms with Gasteiger partial charge in [0.05, 0.1) is 21.7 Å². The summed E-state index contributed by atoms with van der Waals surface area (Å²) >= 11 is 0. The molecule has 0 radical (unpaired) electrons.